The summed E-state index contributed by atoms with van der Waals surface area (Å²) < 4.78 is 0. The van der Waals surface area contributed by atoms with Crippen LogP contribution in [0.1, 0.15) is 32.6 Å². The maximum absolute atomic E-state index is 11.8. The van der Waals surface area contributed by atoms with E-state index in [1.807, 2.05) is 6.07 Å². The number of rotatable bonds is 3. The summed E-state index contributed by atoms with van der Waals surface area (Å²) in [5.41, 5.74) is 16.3. The number of hydrogen-bond donors (Lipinski definition) is 0. The maximum atomic E-state index is 11.8. The molecule has 0 saturated heterocycles. The summed E-state index contributed by atoms with van der Waals surface area (Å²) in [5.74, 6) is 0. The van der Waals surface area contributed by atoms with Crippen molar-refractivity contribution in [1.29, 1.82) is 0 Å². The van der Waals surface area contributed by atoms with E-state index in [-0.39, 0.29) is 0 Å². The highest BCUT2D eigenvalue weighted by Crippen LogP contribution is 2.47. The molecule has 0 unspecified atom stereocenters. The highest BCUT2D eigenvalue weighted by molar-refractivity contribution is 5.95. The first-order valence-corrected chi connectivity index (χ1v) is 11.8. The zero-order valence-electron chi connectivity index (χ0n) is 18.7. The van der Waals surface area contributed by atoms with Crippen LogP contribution in [-0.4, -0.2) is 6.29 Å². The summed E-state index contributed by atoms with van der Waals surface area (Å²) in [6, 6.07) is 36.8. The number of carbonyl (C=O) groups excluding carboxylic acids is 1. The second-order valence-corrected chi connectivity index (χ2v) is 9.25. The largest absolute Gasteiger partial charge is 0.298 e. The molecule has 0 amide bonds. The van der Waals surface area contributed by atoms with E-state index in [2.05, 4.69) is 97.1 Å². The van der Waals surface area contributed by atoms with Crippen LogP contribution in [0.2, 0.25) is 0 Å². The maximum Gasteiger partial charge on any atom is 0.150 e. The Morgan fingerprint density at radius 3 is 1.47 bits per heavy atom. The van der Waals surface area contributed by atoms with Gasteiger partial charge in [0.2, 0.25) is 0 Å². The summed E-state index contributed by atoms with van der Waals surface area (Å²) in [5, 5.41) is 0. The lowest BCUT2D eigenvalue weighted by molar-refractivity contribution is 0.112. The molecular weight excluding hydrogens is 412 g/mol. The first kappa shape index (κ1) is 19.3. The van der Waals surface area contributed by atoms with Gasteiger partial charge in [-0.3, -0.25) is 4.79 Å². The van der Waals surface area contributed by atoms with E-state index in [1.165, 1.54) is 61.2 Å². The smallest absolute Gasteiger partial charge is 0.150 e. The second kappa shape index (κ2) is 7.40. The quantitative estimate of drug-likeness (QED) is 0.258. The molecule has 5 aromatic rings. The van der Waals surface area contributed by atoms with Gasteiger partial charge in [0.25, 0.3) is 0 Å². The summed E-state index contributed by atoms with van der Waals surface area (Å²) >= 11 is 0. The molecule has 160 valence electrons. The number of fused-ring (bicyclic) bond motifs is 6. The monoisotopic (exact) mass is 434 g/mol. The molecule has 1 nitrogen and oxygen atoms in total. The lowest BCUT2D eigenvalue weighted by atomic mass is 9.86. The van der Waals surface area contributed by atoms with Crippen LogP contribution in [0, 0.1) is 0 Å². The van der Waals surface area contributed by atoms with Crippen molar-refractivity contribution >= 4 is 6.29 Å². The normalized spacial score (nSPS) is 12.6. The summed E-state index contributed by atoms with van der Waals surface area (Å²) in [7, 11) is 0. The van der Waals surface area contributed by atoms with E-state index in [9.17, 15) is 4.79 Å². The Morgan fingerprint density at radius 2 is 0.912 bits per heavy atom. The van der Waals surface area contributed by atoms with E-state index in [1.54, 1.807) is 0 Å². The minimum Gasteiger partial charge on any atom is -0.298 e. The number of aldehydes is 1. The first-order valence-electron chi connectivity index (χ1n) is 11.8. The first-order chi connectivity index (χ1) is 16.8. The predicted molar refractivity (Wildman–Crippen MR) is 139 cm³/mol. The standard InChI is InChI=1S/C33H22O/c34-20-21-15-16-30(28-13-5-11-26-24-9-3-1-7-22(24)18-32(26)28)31(17-21)29-14-6-12-27-25-10-4-2-8-23(25)19-33(27)29/h1-17,20H,18-19H2. The molecule has 0 aromatic heterocycles. The molecule has 0 saturated carbocycles. The van der Waals surface area contributed by atoms with E-state index in [0.29, 0.717) is 5.56 Å². The molecule has 0 radical (unpaired) electrons. The molecule has 0 atom stereocenters. The van der Waals surface area contributed by atoms with Gasteiger partial charge < -0.3 is 0 Å². The minimum absolute atomic E-state index is 0.711. The molecular formula is C33H22O. The molecule has 2 aliphatic carbocycles. The number of hydrogen-bond acceptors (Lipinski definition) is 1. The van der Waals surface area contributed by atoms with E-state index < -0.39 is 0 Å². The van der Waals surface area contributed by atoms with Gasteiger partial charge in [-0.15, -0.1) is 0 Å². The molecule has 34 heavy (non-hydrogen) atoms. The van der Waals surface area contributed by atoms with Crippen LogP contribution >= 0.6 is 0 Å². The zero-order valence-corrected chi connectivity index (χ0v) is 18.7. The van der Waals surface area contributed by atoms with Crippen LogP contribution < -0.4 is 0 Å². The SMILES string of the molecule is O=Cc1ccc(-c2cccc3c2Cc2ccccc2-3)c(-c2cccc3c2Cc2ccccc2-3)c1. The lowest BCUT2D eigenvalue weighted by Crippen LogP contribution is -1.95. The van der Waals surface area contributed by atoms with Crippen molar-refractivity contribution in [1.82, 2.24) is 0 Å². The van der Waals surface area contributed by atoms with Crippen molar-refractivity contribution in [3.8, 4) is 44.5 Å². The molecule has 2 aliphatic rings. The number of carbonyl (C=O) groups is 1. The van der Waals surface area contributed by atoms with Gasteiger partial charge in [0.15, 0.2) is 0 Å². The molecule has 0 bridgehead atoms. The fourth-order valence-electron chi connectivity index (χ4n) is 5.91. The minimum atomic E-state index is 0.711. The molecule has 0 spiro atoms. The third kappa shape index (κ3) is 2.77. The highest BCUT2D eigenvalue weighted by Gasteiger charge is 2.25. The van der Waals surface area contributed by atoms with Crippen molar-refractivity contribution in [2.75, 3.05) is 0 Å². The van der Waals surface area contributed by atoms with Gasteiger partial charge in [0, 0.05) is 5.56 Å². The van der Waals surface area contributed by atoms with E-state index in [0.717, 1.165) is 24.7 Å². The van der Waals surface area contributed by atoms with Gasteiger partial charge in [-0.1, -0.05) is 97.1 Å². The van der Waals surface area contributed by atoms with E-state index >= 15 is 0 Å². The molecule has 0 fully saturated rings. The van der Waals surface area contributed by atoms with Crippen molar-refractivity contribution in [2.45, 2.75) is 12.8 Å². The molecule has 0 N–H and O–H groups in total. The van der Waals surface area contributed by atoms with Gasteiger partial charge in [0.05, 0.1) is 0 Å². The molecule has 0 aliphatic heterocycles. The Hall–Kier alpha value is -4.23. The zero-order chi connectivity index (χ0) is 22.6. The van der Waals surface area contributed by atoms with Crippen molar-refractivity contribution in [3.05, 3.63) is 131 Å². The molecule has 7 rings (SSSR count). The lowest BCUT2D eigenvalue weighted by Gasteiger charge is -2.17. The Labute approximate surface area is 199 Å². The van der Waals surface area contributed by atoms with Crippen molar-refractivity contribution in [3.63, 3.8) is 0 Å². The topological polar surface area (TPSA) is 17.1 Å². The summed E-state index contributed by atoms with van der Waals surface area (Å²) in [4.78, 5) is 11.8. The molecule has 5 aromatic carbocycles. The van der Waals surface area contributed by atoms with Gasteiger partial charge in [0.1, 0.15) is 6.29 Å². The average molecular weight is 435 g/mol. The van der Waals surface area contributed by atoms with Gasteiger partial charge in [-0.05, 0) is 85.7 Å². The van der Waals surface area contributed by atoms with Crippen LogP contribution in [0.25, 0.3) is 44.5 Å². The van der Waals surface area contributed by atoms with Crippen LogP contribution in [0.3, 0.4) is 0 Å². The second-order valence-electron chi connectivity index (χ2n) is 9.25. The molecule has 0 heterocycles. The van der Waals surface area contributed by atoms with Gasteiger partial charge in [-0.25, -0.2) is 0 Å². The fourth-order valence-corrected chi connectivity index (χ4v) is 5.91. The Balaban J connectivity index is 1.46. The summed E-state index contributed by atoms with van der Waals surface area (Å²) in [6.07, 6.45) is 2.82. The van der Waals surface area contributed by atoms with E-state index in [4.69, 9.17) is 0 Å². The average Bonchev–Trinajstić information content (AvgIpc) is 3.47. The fraction of sp³-hybridized carbons (Fsp3) is 0.0606. The van der Waals surface area contributed by atoms with Crippen LogP contribution in [0.5, 0.6) is 0 Å². The third-order valence-electron chi connectivity index (χ3n) is 7.46. The number of benzene rings is 5. The van der Waals surface area contributed by atoms with Crippen LogP contribution in [0.15, 0.2) is 103 Å². The Bertz CT molecular complexity index is 1620. The Kier molecular flexibility index (Phi) is 4.19. The highest BCUT2D eigenvalue weighted by atomic mass is 16.1. The summed E-state index contributed by atoms with van der Waals surface area (Å²) in [6.45, 7) is 0. The third-order valence-corrected chi connectivity index (χ3v) is 7.46. The van der Waals surface area contributed by atoms with Gasteiger partial charge >= 0.3 is 0 Å². The van der Waals surface area contributed by atoms with Crippen LogP contribution in [0.4, 0.5) is 0 Å². The Morgan fingerprint density at radius 1 is 0.441 bits per heavy atom. The van der Waals surface area contributed by atoms with Crippen molar-refractivity contribution < 1.29 is 4.79 Å². The predicted octanol–water partition coefficient (Wildman–Crippen LogP) is 7.98. The van der Waals surface area contributed by atoms with Crippen LogP contribution in [-0.2, 0) is 12.8 Å². The molecule has 1 heteroatoms. The van der Waals surface area contributed by atoms with Crippen molar-refractivity contribution in [2.24, 2.45) is 0 Å². The van der Waals surface area contributed by atoms with Gasteiger partial charge in [-0.2, -0.15) is 0 Å².